The van der Waals surface area contributed by atoms with E-state index in [1.54, 1.807) is 0 Å². The highest BCUT2D eigenvalue weighted by molar-refractivity contribution is 7.25. The van der Waals surface area contributed by atoms with Crippen molar-refractivity contribution < 1.29 is 0 Å². The lowest BCUT2D eigenvalue weighted by atomic mass is 9.96. The Labute approximate surface area is 374 Å². The normalized spacial score (nSPS) is 11.8. The molecule has 0 aliphatic rings. The van der Waals surface area contributed by atoms with Crippen LogP contribution in [0.4, 0.5) is 17.1 Å². The molecule has 0 aliphatic heterocycles. The Balaban J connectivity index is 0.996. The van der Waals surface area contributed by atoms with Gasteiger partial charge in [-0.3, -0.25) is 0 Å². The molecular formula is C60H39N3S. The maximum atomic E-state index is 2.44. The molecule has 300 valence electrons. The molecule has 0 radical (unpaired) electrons. The largest absolute Gasteiger partial charge is 0.310 e. The van der Waals surface area contributed by atoms with Crippen LogP contribution < -0.4 is 4.90 Å². The predicted molar refractivity (Wildman–Crippen MR) is 274 cm³/mol. The molecule has 64 heavy (non-hydrogen) atoms. The first kappa shape index (κ1) is 36.5. The third kappa shape index (κ3) is 5.88. The minimum absolute atomic E-state index is 1.10. The third-order valence-corrected chi connectivity index (χ3v) is 14.0. The zero-order valence-electron chi connectivity index (χ0n) is 34.8. The predicted octanol–water partition coefficient (Wildman–Crippen LogP) is 17.1. The lowest BCUT2D eigenvalue weighted by Crippen LogP contribution is -2.09. The van der Waals surface area contributed by atoms with Crippen molar-refractivity contribution in [1.29, 1.82) is 0 Å². The molecule has 0 saturated carbocycles. The van der Waals surface area contributed by atoms with Crippen LogP contribution in [0.3, 0.4) is 0 Å². The standard InChI is InChI=1S/C60H39N3S/c1-3-15-44(16-4-1)61(47-32-34-60-54(39-47)53-22-10-14-26-59(53)64-60)46-30-27-40(28-31-46)42-35-43(37-48(36-42)63-56-24-12-7-19-49(56)50-20-8-13-25-57(50)63)41-29-33-52-51-21-9-11-23-55(51)62(58(52)38-41)45-17-5-2-6-18-45/h1-39H. The second kappa shape index (κ2) is 14.7. The Morgan fingerprint density at radius 3 is 1.42 bits per heavy atom. The van der Waals surface area contributed by atoms with Gasteiger partial charge >= 0.3 is 0 Å². The Hall–Kier alpha value is -8.18. The Morgan fingerprint density at radius 2 is 0.750 bits per heavy atom. The van der Waals surface area contributed by atoms with E-state index in [-0.39, 0.29) is 0 Å². The van der Waals surface area contributed by atoms with Crippen LogP contribution in [0.5, 0.6) is 0 Å². The molecule has 0 atom stereocenters. The number of aromatic nitrogens is 2. The summed E-state index contributed by atoms with van der Waals surface area (Å²) in [5.41, 5.74) is 15.0. The summed E-state index contributed by atoms with van der Waals surface area (Å²) in [5, 5.41) is 7.57. The van der Waals surface area contributed by atoms with Gasteiger partial charge in [0.2, 0.25) is 0 Å². The lowest BCUT2D eigenvalue weighted by Gasteiger charge is -2.26. The number of thiophene rings is 1. The second-order valence-corrected chi connectivity index (χ2v) is 17.6. The molecule has 3 heterocycles. The highest BCUT2D eigenvalue weighted by Crippen LogP contribution is 2.43. The summed E-state index contributed by atoms with van der Waals surface area (Å²) in [4.78, 5) is 2.37. The molecule has 3 aromatic heterocycles. The zero-order chi connectivity index (χ0) is 42.1. The topological polar surface area (TPSA) is 13.1 Å². The summed E-state index contributed by atoms with van der Waals surface area (Å²) in [6.07, 6.45) is 0. The smallest absolute Gasteiger partial charge is 0.0547 e. The van der Waals surface area contributed by atoms with Gasteiger partial charge in [0, 0.05) is 70.2 Å². The number of hydrogen-bond acceptors (Lipinski definition) is 2. The highest BCUT2D eigenvalue weighted by Gasteiger charge is 2.19. The van der Waals surface area contributed by atoms with Gasteiger partial charge in [-0.1, -0.05) is 133 Å². The zero-order valence-corrected chi connectivity index (χ0v) is 35.6. The second-order valence-electron chi connectivity index (χ2n) is 16.6. The van der Waals surface area contributed by atoms with Crippen LogP contribution in [0.25, 0.3) is 97.4 Å². The van der Waals surface area contributed by atoms with Crippen LogP contribution in [-0.2, 0) is 0 Å². The van der Waals surface area contributed by atoms with Crippen LogP contribution in [0.15, 0.2) is 237 Å². The average molecular weight is 834 g/mol. The third-order valence-electron chi connectivity index (χ3n) is 12.9. The highest BCUT2D eigenvalue weighted by atomic mass is 32.1. The number of para-hydroxylation sites is 5. The van der Waals surface area contributed by atoms with Crippen LogP contribution >= 0.6 is 11.3 Å². The average Bonchev–Trinajstić information content (AvgIpc) is 4.02. The number of rotatable bonds is 7. The minimum atomic E-state index is 1.10. The number of fused-ring (bicyclic) bond motifs is 9. The van der Waals surface area contributed by atoms with E-state index in [4.69, 9.17) is 0 Å². The molecule has 3 nitrogen and oxygen atoms in total. The van der Waals surface area contributed by atoms with Crippen LogP contribution in [0.1, 0.15) is 0 Å². The molecule has 0 amide bonds. The van der Waals surface area contributed by atoms with Crippen molar-refractivity contribution in [3.8, 4) is 33.6 Å². The van der Waals surface area contributed by atoms with Crippen molar-refractivity contribution in [2.24, 2.45) is 0 Å². The Morgan fingerprint density at radius 1 is 0.266 bits per heavy atom. The summed E-state index contributed by atoms with van der Waals surface area (Å²) < 4.78 is 7.45. The SMILES string of the molecule is c1ccc(N(c2ccc(-c3cc(-c4ccc5c6ccccc6n(-c6ccccc6)c5c4)cc(-n4c5ccccc5c5ccccc54)c3)cc2)c2ccc3sc4ccccc4c3c2)cc1. The molecule has 0 N–H and O–H groups in total. The van der Waals surface area contributed by atoms with E-state index in [9.17, 15) is 0 Å². The van der Waals surface area contributed by atoms with E-state index in [0.717, 1.165) is 45.1 Å². The van der Waals surface area contributed by atoms with Gasteiger partial charge < -0.3 is 14.0 Å². The summed E-state index contributed by atoms with van der Waals surface area (Å²) in [7, 11) is 0. The Kier molecular flexibility index (Phi) is 8.40. The van der Waals surface area contributed by atoms with Crippen molar-refractivity contribution in [2.45, 2.75) is 0 Å². The number of hydrogen-bond donors (Lipinski definition) is 0. The van der Waals surface area contributed by atoms with Crippen molar-refractivity contribution in [3.63, 3.8) is 0 Å². The monoisotopic (exact) mass is 833 g/mol. The molecule has 4 heteroatoms. The molecule has 0 spiro atoms. The van der Waals surface area contributed by atoms with E-state index < -0.39 is 0 Å². The van der Waals surface area contributed by atoms with E-state index in [1.165, 1.54) is 69.3 Å². The fourth-order valence-electron chi connectivity index (χ4n) is 9.96. The maximum Gasteiger partial charge on any atom is 0.0547 e. The molecule has 0 aliphatic carbocycles. The van der Waals surface area contributed by atoms with Crippen LogP contribution in [0, 0.1) is 0 Å². The van der Waals surface area contributed by atoms with Gasteiger partial charge in [-0.15, -0.1) is 11.3 Å². The molecule has 0 fully saturated rings. The van der Waals surface area contributed by atoms with Gasteiger partial charge in [-0.25, -0.2) is 0 Å². The van der Waals surface area contributed by atoms with E-state index in [1.807, 2.05) is 11.3 Å². The van der Waals surface area contributed by atoms with E-state index in [2.05, 4.69) is 251 Å². The summed E-state index contributed by atoms with van der Waals surface area (Å²) in [5.74, 6) is 0. The van der Waals surface area contributed by atoms with Crippen LogP contribution in [0.2, 0.25) is 0 Å². The first-order chi connectivity index (χ1) is 31.7. The van der Waals surface area contributed by atoms with Crippen molar-refractivity contribution >= 4 is 92.2 Å². The van der Waals surface area contributed by atoms with Gasteiger partial charge in [0.05, 0.1) is 22.1 Å². The number of nitrogens with zero attached hydrogens (tertiary/aromatic N) is 3. The fraction of sp³-hybridized carbons (Fsp3) is 0. The van der Waals surface area contributed by atoms with E-state index in [0.29, 0.717) is 0 Å². The number of benzene rings is 10. The summed E-state index contributed by atoms with van der Waals surface area (Å²) >= 11 is 1.85. The van der Waals surface area contributed by atoms with E-state index >= 15 is 0 Å². The maximum absolute atomic E-state index is 2.44. The Bertz CT molecular complexity index is 3840. The molecular weight excluding hydrogens is 795 g/mol. The van der Waals surface area contributed by atoms with Crippen molar-refractivity contribution in [1.82, 2.24) is 9.13 Å². The summed E-state index contributed by atoms with van der Waals surface area (Å²) in [6, 6.07) is 86.5. The quantitative estimate of drug-likeness (QED) is 0.156. The number of anilines is 3. The summed E-state index contributed by atoms with van der Waals surface area (Å²) in [6.45, 7) is 0. The van der Waals surface area contributed by atoms with Crippen molar-refractivity contribution in [2.75, 3.05) is 4.90 Å². The first-order valence-electron chi connectivity index (χ1n) is 21.8. The van der Waals surface area contributed by atoms with Gasteiger partial charge in [-0.2, -0.15) is 0 Å². The molecule has 10 aromatic carbocycles. The van der Waals surface area contributed by atoms with Gasteiger partial charge in [0.25, 0.3) is 0 Å². The molecule has 0 unspecified atom stereocenters. The molecule has 13 rings (SSSR count). The van der Waals surface area contributed by atoms with Gasteiger partial charge in [0.1, 0.15) is 0 Å². The minimum Gasteiger partial charge on any atom is -0.310 e. The molecule has 13 aromatic rings. The van der Waals surface area contributed by atoms with Crippen LogP contribution in [-0.4, -0.2) is 9.13 Å². The van der Waals surface area contributed by atoms with Gasteiger partial charge in [0.15, 0.2) is 0 Å². The molecule has 0 saturated heterocycles. The van der Waals surface area contributed by atoms with Crippen molar-refractivity contribution in [3.05, 3.63) is 237 Å². The fourth-order valence-corrected chi connectivity index (χ4v) is 11.0. The first-order valence-corrected chi connectivity index (χ1v) is 22.6. The molecule has 0 bridgehead atoms. The lowest BCUT2D eigenvalue weighted by molar-refractivity contribution is 1.18. The van der Waals surface area contributed by atoms with Gasteiger partial charge in [-0.05, 0) is 125 Å².